The standard InChI is InChI=1S/C25H22N4O5/c1-33-18-12-17(13-19(14-18)34-2)23(30)26-27-24(31)22-20-10-6-7-11-21(20)25(32)29(28-22)15-16-8-4-3-5-9-16/h3-14H,15H2,1-2H3,(H,26,30)(H,27,31). The second kappa shape index (κ2) is 9.86. The molecule has 3 aromatic carbocycles. The summed E-state index contributed by atoms with van der Waals surface area (Å²) < 4.78 is 11.6. The molecule has 4 rings (SSSR count). The van der Waals surface area contributed by atoms with E-state index in [4.69, 9.17) is 9.47 Å². The summed E-state index contributed by atoms with van der Waals surface area (Å²) in [6.45, 7) is 0.195. The Hall–Kier alpha value is -4.66. The Morgan fingerprint density at radius 3 is 2.06 bits per heavy atom. The van der Waals surface area contributed by atoms with Crippen molar-refractivity contribution < 1.29 is 19.1 Å². The number of methoxy groups -OCH3 is 2. The zero-order valence-electron chi connectivity index (χ0n) is 18.6. The molecule has 0 aliphatic carbocycles. The molecule has 0 saturated carbocycles. The fraction of sp³-hybridized carbons (Fsp3) is 0.120. The first-order chi connectivity index (χ1) is 16.5. The first-order valence-corrected chi connectivity index (χ1v) is 10.4. The Labute approximate surface area is 194 Å². The number of carbonyl (C=O) groups excluding carboxylic acids is 2. The largest absolute Gasteiger partial charge is 0.497 e. The maximum Gasteiger partial charge on any atom is 0.290 e. The maximum atomic E-state index is 13.0. The second-order valence-corrected chi connectivity index (χ2v) is 7.35. The van der Waals surface area contributed by atoms with Gasteiger partial charge < -0.3 is 9.47 Å². The van der Waals surface area contributed by atoms with Gasteiger partial charge in [0.25, 0.3) is 17.4 Å². The van der Waals surface area contributed by atoms with Crippen LogP contribution < -0.4 is 25.9 Å². The van der Waals surface area contributed by atoms with E-state index in [-0.39, 0.29) is 23.4 Å². The second-order valence-electron chi connectivity index (χ2n) is 7.35. The van der Waals surface area contributed by atoms with Crippen LogP contribution in [0.15, 0.2) is 77.6 Å². The third-order valence-electron chi connectivity index (χ3n) is 5.16. The lowest BCUT2D eigenvalue weighted by atomic mass is 10.1. The molecule has 172 valence electrons. The average molecular weight is 458 g/mol. The highest BCUT2D eigenvalue weighted by molar-refractivity contribution is 6.06. The molecule has 0 radical (unpaired) electrons. The van der Waals surface area contributed by atoms with Crippen LogP contribution in [0.1, 0.15) is 26.4 Å². The van der Waals surface area contributed by atoms with E-state index >= 15 is 0 Å². The molecule has 0 bridgehead atoms. The molecule has 0 saturated heterocycles. The normalized spacial score (nSPS) is 10.5. The average Bonchev–Trinajstić information content (AvgIpc) is 2.88. The zero-order chi connectivity index (χ0) is 24.1. The van der Waals surface area contributed by atoms with E-state index in [9.17, 15) is 14.4 Å². The number of benzene rings is 3. The summed E-state index contributed by atoms with van der Waals surface area (Å²) in [7, 11) is 2.94. The van der Waals surface area contributed by atoms with Gasteiger partial charge in [-0.05, 0) is 23.8 Å². The molecular formula is C25H22N4O5. The Balaban J connectivity index is 1.62. The van der Waals surface area contributed by atoms with Crippen LogP contribution in [0.3, 0.4) is 0 Å². The van der Waals surface area contributed by atoms with E-state index in [0.29, 0.717) is 22.3 Å². The summed E-state index contributed by atoms with van der Waals surface area (Å²) in [6, 6.07) is 20.7. The predicted molar refractivity (Wildman–Crippen MR) is 126 cm³/mol. The van der Waals surface area contributed by atoms with Crippen molar-refractivity contribution in [2.45, 2.75) is 6.54 Å². The zero-order valence-corrected chi connectivity index (χ0v) is 18.6. The SMILES string of the molecule is COc1cc(OC)cc(C(=O)NNC(=O)c2nn(Cc3ccccc3)c(=O)c3ccccc23)c1. The van der Waals surface area contributed by atoms with Gasteiger partial charge in [0.2, 0.25) is 0 Å². The molecule has 2 N–H and O–H groups in total. The number of aromatic nitrogens is 2. The van der Waals surface area contributed by atoms with E-state index in [1.165, 1.54) is 31.0 Å². The molecule has 34 heavy (non-hydrogen) atoms. The van der Waals surface area contributed by atoms with Gasteiger partial charge >= 0.3 is 0 Å². The van der Waals surface area contributed by atoms with Crippen LogP contribution in [0.4, 0.5) is 0 Å². The molecule has 4 aromatic rings. The van der Waals surface area contributed by atoms with Gasteiger partial charge in [-0.15, -0.1) is 0 Å². The van der Waals surface area contributed by atoms with Crippen molar-refractivity contribution in [2.75, 3.05) is 14.2 Å². The van der Waals surface area contributed by atoms with Crippen molar-refractivity contribution in [2.24, 2.45) is 0 Å². The number of ether oxygens (including phenoxy) is 2. The molecule has 1 heterocycles. The number of nitrogens with zero attached hydrogens (tertiary/aromatic N) is 2. The first kappa shape index (κ1) is 22.5. The molecule has 2 amide bonds. The van der Waals surface area contributed by atoms with Gasteiger partial charge in [0.15, 0.2) is 5.69 Å². The number of nitrogens with one attached hydrogen (secondary N) is 2. The van der Waals surface area contributed by atoms with Crippen molar-refractivity contribution >= 4 is 22.6 Å². The molecule has 0 spiro atoms. The molecule has 0 aliphatic heterocycles. The van der Waals surface area contributed by atoms with Crippen LogP contribution in [0.5, 0.6) is 11.5 Å². The van der Waals surface area contributed by atoms with Crippen molar-refractivity contribution in [3.8, 4) is 11.5 Å². The van der Waals surface area contributed by atoms with Crippen molar-refractivity contribution in [3.05, 3.63) is 100.0 Å². The quantitative estimate of drug-likeness (QED) is 0.430. The van der Waals surface area contributed by atoms with E-state index in [2.05, 4.69) is 16.0 Å². The molecule has 0 fully saturated rings. The van der Waals surface area contributed by atoms with E-state index in [1.807, 2.05) is 30.3 Å². The van der Waals surface area contributed by atoms with Crippen molar-refractivity contribution in [1.29, 1.82) is 0 Å². The molecule has 0 atom stereocenters. The molecular weight excluding hydrogens is 436 g/mol. The van der Waals surface area contributed by atoms with Crippen molar-refractivity contribution in [3.63, 3.8) is 0 Å². The maximum absolute atomic E-state index is 13.0. The number of amides is 2. The molecule has 9 nitrogen and oxygen atoms in total. The number of hydrazine groups is 1. The van der Waals surface area contributed by atoms with Gasteiger partial charge in [0.05, 0.1) is 26.2 Å². The third-order valence-corrected chi connectivity index (χ3v) is 5.16. The van der Waals surface area contributed by atoms with Crippen LogP contribution in [-0.4, -0.2) is 35.8 Å². The predicted octanol–water partition coefficient (Wildman–Crippen LogP) is 2.54. The minimum Gasteiger partial charge on any atom is -0.497 e. The summed E-state index contributed by atoms with van der Waals surface area (Å²) in [5, 5.41) is 5.03. The number of hydrogen-bond acceptors (Lipinski definition) is 6. The lowest BCUT2D eigenvalue weighted by Gasteiger charge is -2.13. The first-order valence-electron chi connectivity index (χ1n) is 10.4. The van der Waals surface area contributed by atoms with Gasteiger partial charge in [0, 0.05) is 17.0 Å². The summed E-state index contributed by atoms with van der Waals surface area (Å²) >= 11 is 0. The monoisotopic (exact) mass is 458 g/mol. The Kier molecular flexibility index (Phi) is 6.54. The molecule has 0 aliphatic rings. The molecule has 0 unspecified atom stereocenters. The van der Waals surface area contributed by atoms with Gasteiger partial charge in [0.1, 0.15) is 11.5 Å². The summed E-state index contributed by atoms with van der Waals surface area (Å²) in [5.41, 5.74) is 5.53. The smallest absolute Gasteiger partial charge is 0.290 e. The summed E-state index contributed by atoms with van der Waals surface area (Å²) in [4.78, 5) is 38.6. The van der Waals surface area contributed by atoms with Crippen LogP contribution >= 0.6 is 0 Å². The highest BCUT2D eigenvalue weighted by atomic mass is 16.5. The van der Waals surface area contributed by atoms with Crippen molar-refractivity contribution in [1.82, 2.24) is 20.6 Å². The Bertz CT molecular complexity index is 1390. The minimum absolute atomic E-state index is 0.00894. The fourth-order valence-corrected chi connectivity index (χ4v) is 3.45. The third kappa shape index (κ3) is 4.73. The van der Waals surface area contributed by atoms with E-state index in [1.54, 1.807) is 30.3 Å². The highest BCUT2D eigenvalue weighted by Gasteiger charge is 2.18. The summed E-state index contributed by atoms with van der Waals surface area (Å²) in [5.74, 6) is -0.387. The van der Waals surface area contributed by atoms with Crippen LogP contribution in [0.2, 0.25) is 0 Å². The number of carbonyl (C=O) groups is 2. The lowest BCUT2D eigenvalue weighted by molar-refractivity contribution is 0.0843. The number of fused-ring (bicyclic) bond motifs is 1. The van der Waals surface area contributed by atoms with Crippen LogP contribution in [0, 0.1) is 0 Å². The van der Waals surface area contributed by atoms with E-state index in [0.717, 1.165) is 5.56 Å². The topological polar surface area (TPSA) is 112 Å². The number of hydrogen-bond donors (Lipinski definition) is 2. The highest BCUT2D eigenvalue weighted by Crippen LogP contribution is 2.22. The Morgan fingerprint density at radius 1 is 0.824 bits per heavy atom. The minimum atomic E-state index is -0.666. The van der Waals surface area contributed by atoms with Gasteiger partial charge in [-0.3, -0.25) is 25.2 Å². The van der Waals surface area contributed by atoms with Gasteiger partial charge in [-0.2, -0.15) is 5.10 Å². The fourth-order valence-electron chi connectivity index (χ4n) is 3.45. The Morgan fingerprint density at radius 2 is 1.41 bits per heavy atom. The lowest BCUT2D eigenvalue weighted by Crippen LogP contribution is -2.42. The van der Waals surface area contributed by atoms with Crippen LogP contribution in [0.25, 0.3) is 10.8 Å². The molecule has 9 heteroatoms. The summed E-state index contributed by atoms with van der Waals surface area (Å²) in [6.07, 6.45) is 0. The molecule has 1 aromatic heterocycles. The van der Waals surface area contributed by atoms with Gasteiger partial charge in [-0.1, -0.05) is 48.5 Å². The number of rotatable bonds is 6. The van der Waals surface area contributed by atoms with Gasteiger partial charge in [-0.25, -0.2) is 4.68 Å². The van der Waals surface area contributed by atoms with E-state index < -0.39 is 11.8 Å². The van der Waals surface area contributed by atoms with Crippen LogP contribution in [-0.2, 0) is 6.54 Å².